The number of hydrogen-bond donors (Lipinski definition) is 2. The average molecular weight is 429 g/mol. The number of likely N-dealkylation sites (tertiary alicyclic amines) is 1. The first-order valence-corrected chi connectivity index (χ1v) is 10.6. The zero-order valence-electron chi connectivity index (χ0n) is 18.1. The van der Waals surface area contributed by atoms with Gasteiger partial charge in [-0.05, 0) is 30.0 Å². The lowest BCUT2D eigenvalue weighted by molar-refractivity contribution is 0.104. The molecule has 162 valence electrons. The van der Waals surface area contributed by atoms with Crippen molar-refractivity contribution in [2.75, 3.05) is 27.9 Å². The van der Waals surface area contributed by atoms with Crippen LogP contribution >= 0.6 is 0 Å². The van der Waals surface area contributed by atoms with E-state index in [2.05, 4.69) is 11.1 Å². The predicted octanol–water partition coefficient (Wildman–Crippen LogP) is 3.87. The van der Waals surface area contributed by atoms with Crippen LogP contribution in [-0.2, 0) is 5.41 Å². The highest BCUT2D eigenvalue weighted by atomic mass is 16.5. The molecule has 2 aliphatic carbocycles. The van der Waals surface area contributed by atoms with Gasteiger partial charge in [0, 0.05) is 34.7 Å². The van der Waals surface area contributed by atoms with E-state index in [0.717, 1.165) is 40.7 Å². The van der Waals surface area contributed by atoms with E-state index in [1.54, 1.807) is 27.4 Å². The lowest BCUT2D eigenvalue weighted by atomic mass is 9.81. The molecule has 7 nitrogen and oxygen atoms in total. The van der Waals surface area contributed by atoms with Crippen LogP contribution in [0.15, 0.2) is 48.2 Å². The predicted molar refractivity (Wildman–Crippen MR) is 120 cm³/mol. The van der Waals surface area contributed by atoms with Crippen molar-refractivity contribution in [2.45, 2.75) is 11.8 Å². The SMILES string of the molecule is COc1cc2cc(C(=N)N3C[C@@H]4C[C@]45C3=CC(=O)c3ccccc35)[nH]c2c(OC)c1OC. The van der Waals surface area contributed by atoms with Crippen LogP contribution < -0.4 is 14.2 Å². The number of ether oxygens (including phenoxy) is 3. The van der Waals surface area contributed by atoms with E-state index in [0.29, 0.717) is 34.7 Å². The Morgan fingerprint density at radius 2 is 1.91 bits per heavy atom. The van der Waals surface area contributed by atoms with Gasteiger partial charge in [-0.15, -0.1) is 0 Å². The van der Waals surface area contributed by atoms with Gasteiger partial charge in [0.05, 0.1) is 32.5 Å². The van der Waals surface area contributed by atoms with Gasteiger partial charge in [0.25, 0.3) is 0 Å². The monoisotopic (exact) mass is 429 g/mol. The third-order valence-corrected chi connectivity index (χ3v) is 7.14. The fraction of sp³-hybridized carbons (Fsp3) is 0.280. The fourth-order valence-corrected chi connectivity index (χ4v) is 5.62. The van der Waals surface area contributed by atoms with Crippen molar-refractivity contribution in [2.24, 2.45) is 5.92 Å². The van der Waals surface area contributed by atoms with Crippen LogP contribution in [0.25, 0.3) is 10.9 Å². The summed E-state index contributed by atoms with van der Waals surface area (Å²) in [4.78, 5) is 18.1. The van der Waals surface area contributed by atoms with Crippen molar-refractivity contribution in [1.82, 2.24) is 9.88 Å². The van der Waals surface area contributed by atoms with Crippen LogP contribution in [0, 0.1) is 11.3 Å². The van der Waals surface area contributed by atoms with Gasteiger partial charge in [-0.25, -0.2) is 0 Å². The van der Waals surface area contributed by atoms with Crippen molar-refractivity contribution < 1.29 is 19.0 Å². The van der Waals surface area contributed by atoms with E-state index in [-0.39, 0.29) is 11.2 Å². The number of fused-ring (bicyclic) bond motifs is 2. The molecule has 2 heterocycles. The van der Waals surface area contributed by atoms with Crippen LogP contribution in [0.5, 0.6) is 17.2 Å². The second-order valence-corrected chi connectivity index (χ2v) is 8.56. The molecule has 3 aliphatic rings. The number of nitrogens with zero attached hydrogens (tertiary/aromatic N) is 1. The maximum absolute atomic E-state index is 12.8. The maximum Gasteiger partial charge on any atom is 0.205 e. The minimum absolute atomic E-state index is 0.0133. The first-order valence-electron chi connectivity index (χ1n) is 10.6. The number of aromatic nitrogens is 1. The van der Waals surface area contributed by atoms with E-state index in [4.69, 9.17) is 19.6 Å². The largest absolute Gasteiger partial charge is 0.493 e. The minimum atomic E-state index is -0.132. The summed E-state index contributed by atoms with van der Waals surface area (Å²) in [7, 11) is 4.73. The first kappa shape index (κ1) is 19.0. The van der Waals surface area contributed by atoms with E-state index in [1.165, 1.54) is 0 Å². The smallest absolute Gasteiger partial charge is 0.205 e. The highest BCUT2D eigenvalue weighted by molar-refractivity contribution is 6.10. The number of allylic oxidation sites excluding steroid dienone is 2. The van der Waals surface area contributed by atoms with E-state index < -0.39 is 0 Å². The van der Waals surface area contributed by atoms with Crippen molar-refractivity contribution in [3.8, 4) is 17.2 Å². The number of hydrogen-bond acceptors (Lipinski definition) is 5. The number of carbonyl (C=O) groups is 1. The topological polar surface area (TPSA) is 87.6 Å². The molecule has 1 spiro atoms. The van der Waals surface area contributed by atoms with Crippen molar-refractivity contribution in [3.63, 3.8) is 0 Å². The van der Waals surface area contributed by atoms with Gasteiger partial charge in [0.1, 0.15) is 5.84 Å². The molecule has 1 saturated heterocycles. The number of benzene rings is 2. The molecule has 3 aromatic rings. The minimum Gasteiger partial charge on any atom is -0.493 e. The Bertz CT molecular complexity index is 1350. The summed E-state index contributed by atoms with van der Waals surface area (Å²) in [6.07, 6.45) is 2.76. The van der Waals surface area contributed by atoms with Crippen LogP contribution in [0.2, 0.25) is 0 Å². The molecule has 1 saturated carbocycles. The number of methoxy groups -OCH3 is 3. The number of nitrogens with one attached hydrogen (secondary N) is 2. The zero-order chi connectivity index (χ0) is 22.2. The highest BCUT2D eigenvalue weighted by Gasteiger charge is 2.66. The maximum atomic E-state index is 12.8. The van der Waals surface area contributed by atoms with Crippen molar-refractivity contribution in [3.05, 3.63) is 65.0 Å². The summed E-state index contributed by atoms with van der Waals surface area (Å²) in [5.41, 5.74) is 4.10. The van der Waals surface area contributed by atoms with E-state index in [1.807, 2.05) is 35.2 Å². The standard InChI is InChI=1S/C25H23N3O4/c1-30-19-9-13-8-17(27-21(13)23(32-3)22(19)31-2)24(26)28-12-14-11-25(14)16-7-5-4-6-15(16)18(29)10-20(25)28/h4-10,14,26-27H,11-12H2,1-3H3/t14-,25-/m0/s1. The Balaban J connectivity index is 1.43. The summed E-state index contributed by atoms with van der Waals surface area (Å²) >= 11 is 0. The number of piperidine rings is 1. The zero-order valence-corrected chi connectivity index (χ0v) is 18.1. The summed E-state index contributed by atoms with van der Waals surface area (Å²) in [5, 5.41) is 9.86. The molecule has 2 N–H and O–H groups in total. The summed E-state index contributed by atoms with van der Waals surface area (Å²) in [6.45, 7) is 0.728. The third kappa shape index (κ3) is 2.25. The van der Waals surface area contributed by atoms with Crippen LogP contribution in [0.4, 0.5) is 0 Å². The van der Waals surface area contributed by atoms with Gasteiger partial charge in [-0.2, -0.15) is 0 Å². The number of aromatic amines is 1. The third-order valence-electron chi connectivity index (χ3n) is 7.14. The van der Waals surface area contributed by atoms with E-state index in [9.17, 15) is 4.79 Å². The van der Waals surface area contributed by atoms with E-state index >= 15 is 0 Å². The molecule has 2 aromatic carbocycles. The summed E-state index contributed by atoms with van der Waals surface area (Å²) in [6, 6.07) is 11.7. The number of H-pyrrole nitrogens is 1. The Labute approximate surface area is 185 Å². The van der Waals surface area contributed by atoms with Gasteiger partial charge < -0.3 is 24.1 Å². The molecule has 7 heteroatoms. The number of amidine groups is 1. The van der Waals surface area contributed by atoms with Gasteiger partial charge >= 0.3 is 0 Å². The quantitative estimate of drug-likeness (QED) is 0.486. The Morgan fingerprint density at radius 3 is 2.66 bits per heavy atom. The molecule has 2 atom stereocenters. The van der Waals surface area contributed by atoms with Gasteiger partial charge in [0.2, 0.25) is 5.75 Å². The Kier molecular flexibility index (Phi) is 3.79. The summed E-state index contributed by atoms with van der Waals surface area (Å²) in [5.74, 6) is 2.36. The van der Waals surface area contributed by atoms with Crippen LogP contribution in [0.3, 0.4) is 0 Å². The molecule has 0 unspecified atom stereocenters. The van der Waals surface area contributed by atoms with Gasteiger partial charge in [-0.1, -0.05) is 24.3 Å². The molecule has 1 aromatic heterocycles. The molecule has 1 aliphatic heterocycles. The molecule has 0 radical (unpaired) electrons. The lowest BCUT2D eigenvalue weighted by Gasteiger charge is -2.30. The molecule has 32 heavy (non-hydrogen) atoms. The van der Waals surface area contributed by atoms with Gasteiger partial charge in [-0.3, -0.25) is 10.2 Å². The molecule has 6 rings (SSSR count). The molecule has 0 bridgehead atoms. The number of rotatable bonds is 4. The van der Waals surface area contributed by atoms with Crippen LogP contribution in [-0.4, -0.2) is 49.4 Å². The molecule has 2 fully saturated rings. The Morgan fingerprint density at radius 1 is 1.12 bits per heavy atom. The molecular formula is C25H23N3O4. The lowest BCUT2D eigenvalue weighted by Crippen LogP contribution is -2.33. The van der Waals surface area contributed by atoms with Crippen LogP contribution in [0.1, 0.15) is 28.0 Å². The number of carbonyl (C=O) groups excluding carboxylic acids is 1. The average Bonchev–Trinajstić information content (AvgIpc) is 3.20. The van der Waals surface area contributed by atoms with Crippen molar-refractivity contribution in [1.29, 1.82) is 5.41 Å². The van der Waals surface area contributed by atoms with Gasteiger partial charge in [0.15, 0.2) is 17.3 Å². The number of ketones is 1. The molecule has 0 amide bonds. The second-order valence-electron chi connectivity index (χ2n) is 8.56. The summed E-state index contributed by atoms with van der Waals surface area (Å²) < 4.78 is 16.5. The second kappa shape index (κ2) is 6.38. The molecular weight excluding hydrogens is 406 g/mol. The fourth-order valence-electron chi connectivity index (χ4n) is 5.62. The van der Waals surface area contributed by atoms with Crippen molar-refractivity contribution >= 4 is 22.5 Å². The first-order chi connectivity index (χ1) is 15.5. The normalized spacial score (nSPS) is 22.7. The Hall–Kier alpha value is -3.74. The highest BCUT2D eigenvalue weighted by Crippen LogP contribution is 2.66.